The Labute approximate surface area is 183 Å². The number of aromatic nitrogens is 2. The first-order valence-corrected chi connectivity index (χ1v) is 11.3. The summed E-state index contributed by atoms with van der Waals surface area (Å²) in [5, 5.41) is 6.49. The van der Waals surface area contributed by atoms with E-state index < -0.39 is 0 Å². The molecule has 5 nitrogen and oxygen atoms in total. The SMILES string of the molecule is COc1ccc(CNC(=O)[C@@H](C)Sc2nc(-c3cccs3)nc3ccccc23)cc1. The monoisotopic (exact) mass is 435 g/mol. The van der Waals surface area contributed by atoms with Crippen molar-refractivity contribution < 1.29 is 9.53 Å². The topological polar surface area (TPSA) is 64.1 Å². The number of methoxy groups -OCH3 is 1. The van der Waals surface area contributed by atoms with E-state index in [-0.39, 0.29) is 11.2 Å². The number of benzene rings is 2. The third-order valence-electron chi connectivity index (χ3n) is 4.59. The average Bonchev–Trinajstić information content (AvgIpc) is 3.32. The van der Waals surface area contributed by atoms with Crippen molar-refractivity contribution in [1.82, 2.24) is 15.3 Å². The summed E-state index contributed by atoms with van der Waals surface area (Å²) in [5.74, 6) is 1.46. The highest BCUT2D eigenvalue weighted by Gasteiger charge is 2.18. The standard InChI is InChI=1S/C23H21N3O2S2/c1-15(22(27)24-14-16-9-11-17(28-2)12-10-16)30-23-18-6-3-4-7-19(18)25-21(26-23)20-8-5-13-29-20/h3-13,15H,14H2,1-2H3,(H,24,27)/t15-/m1/s1. The first kappa shape index (κ1) is 20.4. The lowest BCUT2D eigenvalue weighted by molar-refractivity contribution is -0.120. The van der Waals surface area contributed by atoms with E-state index in [1.54, 1.807) is 18.4 Å². The van der Waals surface area contributed by atoms with Crippen LogP contribution in [0.25, 0.3) is 21.6 Å². The second-order valence-electron chi connectivity index (χ2n) is 6.67. The molecule has 0 aliphatic carbocycles. The summed E-state index contributed by atoms with van der Waals surface area (Å²) in [6.45, 7) is 2.37. The van der Waals surface area contributed by atoms with Crippen LogP contribution in [-0.2, 0) is 11.3 Å². The van der Waals surface area contributed by atoms with Gasteiger partial charge in [0.2, 0.25) is 5.91 Å². The lowest BCUT2D eigenvalue weighted by Crippen LogP contribution is -2.30. The Bertz CT molecular complexity index is 1150. The zero-order chi connectivity index (χ0) is 20.9. The van der Waals surface area contributed by atoms with Gasteiger partial charge in [-0.3, -0.25) is 4.79 Å². The molecule has 0 aliphatic heterocycles. The molecule has 0 aliphatic rings. The molecule has 0 unspecified atom stereocenters. The Kier molecular flexibility index (Phi) is 6.30. The summed E-state index contributed by atoms with van der Waals surface area (Å²) in [6.07, 6.45) is 0. The Balaban J connectivity index is 1.50. The first-order valence-electron chi connectivity index (χ1n) is 9.52. The van der Waals surface area contributed by atoms with E-state index in [1.807, 2.05) is 73.0 Å². The molecule has 2 aromatic heterocycles. The van der Waals surface area contributed by atoms with Gasteiger partial charge in [0.1, 0.15) is 10.8 Å². The van der Waals surface area contributed by atoms with Crippen molar-refractivity contribution in [2.24, 2.45) is 0 Å². The van der Waals surface area contributed by atoms with Gasteiger partial charge >= 0.3 is 0 Å². The molecule has 1 atom stereocenters. The van der Waals surface area contributed by atoms with Gasteiger partial charge in [-0.05, 0) is 42.1 Å². The van der Waals surface area contributed by atoms with Gasteiger partial charge in [-0.15, -0.1) is 11.3 Å². The normalized spacial score (nSPS) is 11.9. The highest BCUT2D eigenvalue weighted by molar-refractivity contribution is 8.00. The summed E-state index contributed by atoms with van der Waals surface area (Å²) in [6, 6.07) is 19.6. The number of carbonyl (C=O) groups excluding carboxylic acids is 1. The van der Waals surface area contributed by atoms with Gasteiger partial charge in [-0.25, -0.2) is 9.97 Å². The Hall–Kier alpha value is -2.90. The van der Waals surface area contributed by atoms with Gasteiger partial charge in [-0.2, -0.15) is 0 Å². The molecular formula is C23H21N3O2S2. The Morgan fingerprint density at radius 3 is 2.63 bits per heavy atom. The lowest BCUT2D eigenvalue weighted by Gasteiger charge is -2.14. The number of thiophene rings is 1. The lowest BCUT2D eigenvalue weighted by atomic mass is 10.2. The molecule has 30 heavy (non-hydrogen) atoms. The van der Waals surface area contributed by atoms with Crippen molar-refractivity contribution in [3.05, 3.63) is 71.6 Å². The number of carbonyl (C=O) groups is 1. The van der Waals surface area contributed by atoms with Gasteiger partial charge in [0.15, 0.2) is 5.82 Å². The molecular weight excluding hydrogens is 414 g/mol. The van der Waals surface area contributed by atoms with E-state index in [4.69, 9.17) is 14.7 Å². The Morgan fingerprint density at radius 1 is 1.10 bits per heavy atom. The summed E-state index contributed by atoms with van der Waals surface area (Å²) >= 11 is 3.06. The van der Waals surface area contributed by atoms with E-state index in [0.717, 1.165) is 32.1 Å². The van der Waals surface area contributed by atoms with E-state index in [1.165, 1.54) is 11.8 Å². The quantitative estimate of drug-likeness (QED) is 0.321. The number of ether oxygens (including phenoxy) is 1. The van der Waals surface area contributed by atoms with E-state index >= 15 is 0 Å². The van der Waals surface area contributed by atoms with Gasteiger partial charge in [-0.1, -0.05) is 48.2 Å². The van der Waals surface area contributed by atoms with Crippen LogP contribution in [-0.4, -0.2) is 28.2 Å². The van der Waals surface area contributed by atoms with Crippen LogP contribution in [0.2, 0.25) is 0 Å². The number of para-hydroxylation sites is 1. The van der Waals surface area contributed by atoms with Gasteiger partial charge < -0.3 is 10.1 Å². The van der Waals surface area contributed by atoms with Crippen LogP contribution in [0, 0.1) is 0 Å². The second kappa shape index (κ2) is 9.28. The molecule has 0 saturated heterocycles. The van der Waals surface area contributed by atoms with E-state index in [2.05, 4.69) is 5.32 Å². The molecule has 7 heteroatoms. The largest absolute Gasteiger partial charge is 0.497 e. The second-order valence-corrected chi connectivity index (χ2v) is 8.95. The van der Waals surface area contributed by atoms with Crippen LogP contribution in [0.4, 0.5) is 0 Å². The average molecular weight is 436 g/mol. The fourth-order valence-corrected chi connectivity index (χ4v) is 4.57. The predicted octanol–water partition coefficient (Wildman–Crippen LogP) is 5.16. The fraction of sp³-hybridized carbons (Fsp3) is 0.174. The summed E-state index contributed by atoms with van der Waals surface area (Å²) < 4.78 is 5.17. The van der Waals surface area contributed by atoms with Crippen LogP contribution in [0.15, 0.2) is 71.1 Å². The molecule has 1 amide bonds. The fourth-order valence-electron chi connectivity index (χ4n) is 2.95. The molecule has 0 radical (unpaired) electrons. The maximum Gasteiger partial charge on any atom is 0.233 e. The van der Waals surface area contributed by atoms with E-state index in [9.17, 15) is 4.79 Å². The zero-order valence-corrected chi connectivity index (χ0v) is 18.3. The van der Waals surface area contributed by atoms with Gasteiger partial charge in [0.25, 0.3) is 0 Å². The summed E-state index contributed by atoms with van der Waals surface area (Å²) in [7, 11) is 1.64. The maximum atomic E-state index is 12.7. The predicted molar refractivity (Wildman–Crippen MR) is 123 cm³/mol. The minimum absolute atomic E-state index is 0.0313. The molecule has 0 spiro atoms. The zero-order valence-electron chi connectivity index (χ0n) is 16.7. The number of fused-ring (bicyclic) bond motifs is 1. The molecule has 4 aromatic rings. The van der Waals surface area contributed by atoms with Crippen LogP contribution >= 0.6 is 23.1 Å². The van der Waals surface area contributed by atoms with Crippen molar-refractivity contribution in [3.63, 3.8) is 0 Å². The third kappa shape index (κ3) is 4.63. The van der Waals surface area contributed by atoms with Crippen molar-refractivity contribution in [2.75, 3.05) is 7.11 Å². The Morgan fingerprint density at radius 2 is 1.90 bits per heavy atom. The molecule has 0 saturated carbocycles. The van der Waals surface area contributed by atoms with Gasteiger partial charge in [0, 0.05) is 11.9 Å². The molecule has 4 rings (SSSR count). The van der Waals surface area contributed by atoms with Crippen LogP contribution in [0.1, 0.15) is 12.5 Å². The number of rotatable bonds is 7. The molecule has 0 fully saturated rings. The maximum absolute atomic E-state index is 12.7. The summed E-state index contributed by atoms with van der Waals surface area (Å²) in [4.78, 5) is 23.2. The van der Waals surface area contributed by atoms with Crippen molar-refractivity contribution in [3.8, 4) is 16.5 Å². The van der Waals surface area contributed by atoms with Crippen LogP contribution in [0.3, 0.4) is 0 Å². The van der Waals surface area contributed by atoms with E-state index in [0.29, 0.717) is 12.4 Å². The number of thioether (sulfide) groups is 1. The molecule has 2 heterocycles. The smallest absolute Gasteiger partial charge is 0.233 e. The first-order chi connectivity index (χ1) is 14.6. The number of amides is 1. The minimum atomic E-state index is -0.294. The van der Waals surface area contributed by atoms with Crippen LogP contribution < -0.4 is 10.1 Å². The highest BCUT2D eigenvalue weighted by atomic mass is 32.2. The van der Waals surface area contributed by atoms with Crippen LogP contribution in [0.5, 0.6) is 5.75 Å². The number of nitrogens with zero attached hydrogens (tertiary/aromatic N) is 2. The van der Waals surface area contributed by atoms with Crippen molar-refractivity contribution >= 4 is 39.9 Å². The summed E-state index contributed by atoms with van der Waals surface area (Å²) in [5.41, 5.74) is 1.90. The van der Waals surface area contributed by atoms with Crippen molar-refractivity contribution in [1.29, 1.82) is 0 Å². The number of hydrogen-bond acceptors (Lipinski definition) is 6. The van der Waals surface area contributed by atoms with Crippen molar-refractivity contribution in [2.45, 2.75) is 23.7 Å². The molecule has 0 bridgehead atoms. The van der Waals surface area contributed by atoms with Gasteiger partial charge in [0.05, 0.1) is 22.8 Å². The number of nitrogens with one attached hydrogen (secondary N) is 1. The third-order valence-corrected chi connectivity index (χ3v) is 6.56. The molecule has 2 aromatic carbocycles. The highest BCUT2D eigenvalue weighted by Crippen LogP contribution is 2.32. The number of hydrogen-bond donors (Lipinski definition) is 1. The minimum Gasteiger partial charge on any atom is -0.497 e. The molecule has 1 N–H and O–H groups in total. The molecule has 152 valence electrons.